The van der Waals surface area contributed by atoms with Crippen molar-refractivity contribution >= 4 is 33.4 Å². The van der Waals surface area contributed by atoms with Gasteiger partial charge in [0.2, 0.25) is 0 Å². The highest BCUT2D eigenvalue weighted by atomic mass is 35.5. The first-order chi connectivity index (χ1) is 14.7. The second-order valence-corrected chi connectivity index (χ2v) is 9.49. The van der Waals surface area contributed by atoms with Crippen molar-refractivity contribution in [1.29, 1.82) is 0 Å². The molecule has 166 valence electrons. The van der Waals surface area contributed by atoms with Crippen LogP contribution in [0.4, 0.5) is 0 Å². The molecule has 31 heavy (non-hydrogen) atoms. The van der Waals surface area contributed by atoms with Crippen LogP contribution < -0.4 is 4.74 Å². The van der Waals surface area contributed by atoms with Crippen molar-refractivity contribution in [2.75, 3.05) is 20.3 Å². The van der Waals surface area contributed by atoms with Crippen LogP contribution in [0.2, 0.25) is 5.02 Å². The van der Waals surface area contributed by atoms with Gasteiger partial charge in [-0.15, -0.1) is 0 Å². The standard InChI is InChI=1S/C22H23ClO7S/c1-4-29-20(24)22(21(25)30-5-2)18(14-6-10-16(28-3)11-7-14)19(22)31(26,27)17-12-8-15(23)9-13-17/h6-13,18-19H,4-5H2,1-3H3/t18-,19+/m0/s1. The number of halogens is 1. The third kappa shape index (κ3) is 3.90. The van der Waals surface area contributed by atoms with Gasteiger partial charge in [0.15, 0.2) is 15.3 Å². The number of hydrogen-bond acceptors (Lipinski definition) is 7. The van der Waals surface area contributed by atoms with E-state index in [0.29, 0.717) is 16.3 Å². The van der Waals surface area contributed by atoms with E-state index in [0.717, 1.165) is 0 Å². The maximum atomic E-state index is 13.6. The lowest BCUT2D eigenvalue weighted by Crippen LogP contribution is -2.35. The maximum Gasteiger partial charge on any atom is 0.325 e. The molecule has 2 atom stereocenters. The summed E-state index contributed by atoms with van der Waals surface area (Å²) in [6, 6.07) is 12.1. The smallest absolute Gasteiger partial charge is 0.325 e. The number of hydrogen-bond donors (Lipinski definition) is 0. The van der Waals surface area contributed by atoms with E-state index >= 15 is 0 Å². The molecule has 0 saturated heterocycles. The first kappa shape index (κ1) is 23.1. The first-order valence-electron chi connectivity index (χ1n) is 9.72. The van der Waals surface area contributed by atoms with Gasteiger partial charge < -0.3 is 14.2 Å². The SMILES string of the molecule is CCOC(=O)C1(C(=O)OCC)[C@H](S(=O)(=O)c2ccc(Cl)cc2)[C@@H]1c1ccc(OC)cc1. The molecule has 2 aromatic rings. The molecule has 1 aliphatic rings. The molecule has 0 bridgehead atoms. The van der Waals surface area contributed by atoms with E-state index in [1.54, 1.807) is 38.1 Å². The number of ether oxygens (including phenoxy) is 3. The van der Waals surface area contributed by atoms with E-state index in [-0.39, 0.29) is 18.1 Å². The Hall–Kier alpha value is -2.58. The quantitative estimate of drug-likeness (QED) is 0.434. The van der Waals surface area contributed by atoms with Gasteiger partial charge >= 0.3 is 11.9 Å². The minimum atomic E-state index is -4.12. The summed E-state index contributed by atoms with van der Waals surface area (Å²) in [5, 5.41) is -1.02. The number of sulfone groups is 1. The van der Waals surface area contributed by atoms with E-state index in [4.69, 9.17) is 25.8 Å². The van der Waals surface area contributed by atoms with Crippen LogP contribution in [-0.4, -0.2) is 45.9 Å². The van der Waals surface area contributed by atoms with Crippen molar-refractivity contribution in [3.63, 3.8) is 0 Å². The summed E-state index contributed by atoms with van der Waals surface area (Å²) in [7, 11) is -2.62. The largest absolute Gasteiger partial charge is 0.497 e. The molecule has 1 fully saturated rings. The summed E-state index contributed by atoms with van der Waals surface area (Å²) in [4.78, 5) is 26.1. The molecular weight excluding hydrogens is 444 g/mol. The number of rotatable bonds is 8. The molecule has 0 spiro atoms. The number of methoxy groups -OCH3 is 1. The predicted molar refractivity (Wildman–Crippen MR) is 114 cm³/mol. The molecule has 0 radical (unpaired) electrons. The van der Waals surface area contributed by atoms with E-state index in [1.165, 1.54) is 31.4 Å². The third-order valence-corrected chi connectivity index (χ3v) is 7.80. The molecule has 0 heterocycles. The Bertz CT molecular complexity index is 1040. The van der Waals surface area contributed by atoms with Gasteiger partial charge in [0.25, 0.3) is 0 Å². The Morgan fingerprint density at radius 1 is 0.935 bits per heavy atom. The molecule has 0 N–H and O–H groups in total. The van der Waals surface area contributed by atoms with Crippen LogP contribution in [0.1, 0.15) is 25.3 Å². The van der Waals surface area contributed by atoms with Crippen LogP contribution in [0.25, 0.3) is 0 Å². The van der Waals surface area contributed by atoms with Gasteiger partial charge in [0.1, 0.15) is 11.0 Å². The molecule has 1 aliphatic carbocycles. The molecule has 0 aliphatic heterocycles. The number of benzene rings is 2. The van der Waals surface area contributed by atoms with Crippen LogP contribution in [0.15, 0.2) is 53.4 Å². The number of carbonyl (C=O) groups is 2. The Balaban J connectivity index is 2.18. The zero-order valence-corrected chi connectivity index (χ0v) is 18.9. The molecule has 0 amide bonds. The van der Waals surface area contributed by atoms with Gasteiger partial charge in [-0.3, -0.25) is 9.59 Å². The average molecular weight is 467 g/mol. The highest BCUT2D eigenvalue weighted by Crippen LogP contribution is 2.65. The van der Waals surface area contributed by atoms with Crippen molar-refractivity contribution in [3.05, 3.63) is 59.1 Å². The maximum absolute atomic E-state index is 13.6. The lowest BCUT2D eigenvalue weighted by atomic mass is 9.99. The zero-order valence-electron chi connectivity index (χ0n) is 17.3. The Morgan fingerprint density at radius 3 is 1.90 bits per heavy atom. The third-order valence-electron chi connectivity index (χ3n) is 5.31. The van der Waals surface area contributed by atoms with Gasteiger partial charge in [-0.2, -0.15) is 0 Å². The van der Waals surface area contributed by atoms with Crippen molar-refractivity contribution in [2.24, 2.45) is 5.41 Å². The molecule has 1 saturated carbocycles. The van der Waals surface area contributed by atoms with Crippen LogP contribution in [-0.2, 0) is 28.9 Å². The fourth-order valence-corrected chi connectivity index (χ4v) is 6.29. The van der Waals surface area contributed by atoms with Crippen molar-refractivity contribution < 1.29 is 32.2 Å². The van der Waals surface area contributed by atoms with Crippen LogP contribution >= 0.6 is 11.6 Å². The fourth-order valence-electron chi connectivity index (χ4n) is 3.87. The normalized spacial score (nSPS) is 19.4. The zero-order chi connectivity index (χ0) is 22.8. The molecule has 2 aromatic carbocycles. The van der Waals surface area contributed by atoms with Gasteiger partial charge in [-0.1, -0.05) is 23.7 Å². The highest BCUT2D eigenvalue weighted by Gasteiger charge is 2.81. The number of carbonyl (C=O) groups excluding carboxylic acids is 2. The predicted octanol–water partition coefficient (Wildman–Crippen LogP) is 3.40. The summed E-state index contributed by atoms with van der Waals surface area (Å²) < 4.78 is 42.6. The fraction of sp³-hybridized carbons (Fsp3) is 0.364. The van der Waals surface area contributed by atoms with E-state index < -0.39 is 38.4 Å². The molecule has 9 heteroatoms. The van der Waals surface area contributed by atoms with Gasteiger partial charge in [-0.05, 0) is 55.8 Å². The van der Waals surface area contributed by atoms with Crippen LogP contribution in [0, 0.1) is 5.41 Å². The number of esters is 2. The topological polar surface area (TPSA) is 96.0 Å². The van der Waals surface area contributed by atoms with E-state index in [2.05, 4.69) is 0 Å². The minimum Gasteiger partial charge on any atom is -0.497 e. The average Bonchev–Trinajstić information content (AvgIpc) is 3.47. The summed E-state index contributed by atoms with van der Waals surface area (Å²) in [5.41, 5.74) is -1.51. The highest BCUT2D eigenvalue weighted by molar-refractivity contribution is 7.92. The second kappa shape index (κ2) is 8.88. The van der Waals surface area contributed by atoms with Gasteiger partial charge in [0, 0.05) is 10.9 Å². The van der Waals surface area contributed by atoms with Crippen molar-refractivity contribution in [2.45, 2.75) is 29.9 Å². The summed E-state index contributed by atoms with van der Waals surface area (Å²) in [6.07, 6.45) is 0. The van der Waals surface area contributed by atoms with Crippen molar-refractivity contribution in [1.82, 2.24) is 0 Å². The summed E-state index contributed by atoms with van der Waals surface area (Å²) in [6.45, 7) is 3.15. The Kier molecular flexibility index (Phi) is 6.62. The van der Waals surface area contributed by atoms with E-state index in [1.807, 2.05) is 0 Å². The van der Waals surface area contributed by atoms with Gasteiger partial charge in [-0.25, -0.2) is 8.42 Å². The minimum absolute atomic E-state index is 0.0109. The monoisotopic (exact) mass is 466 g/mol. The van der Waals surface area contributed by atoms with Crippen LogP contribution in [0.3, 0.4) is 0 Å². The lowest BCUT2D eigenvalue weighted by molar-refractivity contribution is -0.164. The Labute approximate surface area is 186 Å². The molecule has 7 nitrogen and oxygen atoms in total. The molecule has 0 aromatic heterocycles. The summed E-state index contributed by atoms with van der Waals surface area (Å²) >= 11 is 5.89. The molecule has 3 rings (SSSR count). The Morgan fingerprint density at radius 2 is 1.45 bits per heavy atom. The van der Waals surface area contributed by atoms with Gasteiger partial charge in [0.05, 0.1) is 25.2 Å². The second-order valence-electron chi connectivity index (χ2n) is 6.98. The molecule has 0 unspecified atom stereocenters. The molecular formula is C22H23ClO7S. The lowest BCUT2D eigenvalue weighted by Gasteiger charge is -2.15. The first-order valence-corrected chi connectivity index (χ1v) is 11.6. The summed E-state index contributed by atoms with van der Waals surface area (Å²) in [5.74, 6) is -2.26. The van der Waals surface area contributed by atoms with Crippen molar-refractivity contribution in [3.8, 4) is 5.75 Å². The van der Waals surface area contributed by atoms with E-state index in [9.17, 15) is 18.0 Å². The van der Waals surface area contributed by atoms with Crippen LogP contribution in [0.5, 0.6) is 5.75 Å².